The zero-order valence-corrected chi connectivity index (χ0v) is 24.3. The second-order valence-corrected chi connectivity index (χ2v) is 11.4. The van der Waals surface area contributed by atoms with Crippen molar-refractivity contribution in [3.63, 3.8) is 0 Å². The van der Waals surface area contributed by atoms with E-state index in [4.69, 9.17) is 21.9 Å². The second kappa shape index (κ2) is 11.0. The first-order valence-corrected chi connectivity index (χ1v) is 14.5. The molecule has 2 aromatic carbocycles. The lowest BCUT2D eigenvalue weighted by Gasteiger charge is -2.28. The Morgan fingerprint density at radius 3 is 2.46 bits per heavy atom. The molecule has 2 fully saturated rings. The number of carboxylic acids is 1. The summed E-state index contributed by atoms with van der Waals surface area (Å²) in [7, 11) is 0. The molecule has 1 aliphatic heterocycles. The number of aryl methyl sites for hydroxylation is 2. The third kappa shape index (κ3) is 5.08. The average molecular weight is 567 g/mol. The first-order chi connectivity index (χ1) is 19.8. The number of hydrogen-bond acceptors (Lipinski definition) is 4. The number of rotatable bonds is 7. The lowest BCUT2D eigenvalue weighted by atomic mass is 9.96. The summed E-state index contributed by atoms with van der Waals surface area (Å²) in [5.74, 6) is -0.0652. The van der Waals surface area contributed by atoms with Crippen LogP contribution in [0.3, 0.4) is 0 Å². The minimum Gasteiger partial charge on any atom is -0.490 e. The molecular weight excluding hydrogens is 532 g/mol. The van der Waals surface area contributed by atoms with Gasteiger partial charge in [0.15, 0.2) is 5.11 Å². The van der Waals surface area contributed by atoms with Gasteiger partial charge in [-0.2, -0.15) is 0 Å². The quantitative estimate of drug-likeness (QED) is 0.233. The van der Waals surface area contributed by atoms with E-state index in [0.717, 1.165) is 58.2 Å². The Morgan fingerprint density at radius 2 is 1.78 bits per heavy atom. The minimum atomic E-state index is -0.943. The molecule has 1 aliphatic carbocycles. The van der Waals surface area contributed by atoms with Gasteiger partial charge >= 0.3 is 5.97 Å². The first-order valence-electron chi connectivity index (χ1n) is 14.1. The van der Waals surface area contributed by atoms with Crippen molar-refractivity contribution in [3.8, 4) is 11.4 Å². The molecular formula is C33H34N4O3S. The van der Waals surface area contributed by atoms with Crippen LogP contribution in [0.2, 0.25) is 0 Å². The number of carboxylic acid groups (broad SMARTS) is 1. The van der Waals surface area contributed by atoms with Crippen LogP contribution >= 0.6 is 12.2 Å². The van der Waals surface area contributed by atoms with Gasteiger partial charge in [-0.05, 0) is 124 Å². The largest absolute Gasteiger partial charge is 0.490 e. The fraction of sp³-hybridized carbons (Fsp3) is 0.303. The maximum atomic E-state index is 11.8. The maximum Gasteiger partial charge on any atom is 0.335 e. The van der Waals surface area contributed by atoms with Crippen molar-refractivity contribution in [1.29, 1.82) is 0 Å². The molecule has 0 spiro atoms. The normalized spacial score (nSPS) is 19.0. The number of nitrogens with one attached hydrogen (secondary N) is 1. The fourth-order valence-corrected chi connectivity index (χ4v) is 6.62. The summed E-state index contributed by atoms with van der Waals surface area (Å²) >= 11 is 5.95. The van der Waals surface area contributed by atoms with E-state index < -0.39 is 5.97 Å². The van der Waals surface area contributed by atoms with E-state index in [2.05, 4.69) is 46.8 Å². The number of hydrogen-bond donors (Lipinski definition) is 2. The lowest BCUT2D eigenvalue weighted by molar-refractivity contribution is 0.0697. The smallest absolute Gasteiger partial charge is 0.335 e. The zero-order valence-electron chi connectivity index (χ0n) is 23.5. The predicted molar refractivity (Wildman–Crippen MR) is 164 cm³/mol. The van der Waals surface area contributed by atoms with Crippen molar-refractivity contribution in [1.82, 2.24) is 14.9 Å². The van der Waals surface area contributed by atoms with Crippen molar-refractivity contribution >= 4 is 29.0 Å². The van der Waals surface area contributed by atoms with Crippen LogP contribution in [0.25, 0.3) is 5.69 Å². The van der Waals surface area contributed by atoms with Gasteiger partial charge in [0.1, 0.15) is 5.75 Å². The molecule has 3 heterocycles. The van der Waals surface area contributed by atoms with Crippen molar-refractivity contribution in [2.45, 2.75) is 64.6 Å². The van der Waals surface area contributed by atoms with E-state index in [9.17, 15) is 9.90 Å². The minimum absolute atomic E-state index is 0.179. The summed E-state index contributed by atoms with van der Waals surface area (Å²) in [6.07, 6.45) is 6.78. The van der Waals surface area contributed by atoms with E-state index in [1.807, 2.05) is 43.3 Å². The Morgan fingerprint density at radius 1 is 1.02 bits per heavy atom. The fourth-order valence-electron chi connectivity index (χ4n) is 6.27. The number of ether oxygens (including phenoxy) is 1. The van der Waals surface area contributed by atoms with Gasteiger partial charge in [-0.15, -0.1) is 0 Å². The van der Waals surface area contributed by atoms with Gasteiger partial charge in [-0.3, -0.25) is 4.98 Å². The lowest BCUT2D eigenvalue weighted by Crippen LogP contribution is -2.29. The van der Waals surface area contributed by atoms with Crippen molar-refractivity contribution in [2.75, 3.05) is 4.90 Å². The van der Waals surface area contributed by atoms with Crippen LogP contribution in [0.4, 0.5) is 5.69 Å². The van der Waals surface area contributed by atoms with E-state index in [1.165, 1.54) is 12.8 Å². The van der Waals surface area contributed by atoms with Crippen LogP contribution in [0.1, 0.15) is 76.3 Å². The number of pyridine rings is 1. The molecule has 6 rings (SSSR count). The Bertz CT molecular complexity index is 1590. The second-order valence-electron chi connectivity index (χ2n) is 11.0. The number of thiocarbonyl (C=S) groups is 1. The third-order valence-electron chi connectivity index (χ3n) is 8.30. The third-order valence-corrected chi connectivity index (χ3v) is 8.62. The molecule has 7 nitrogen and oxygen atoms in total. The molecule has 2 aromatic heterocycles. The summed E-state index contributed by atoms with van der Waals surface area (Å²) in [6, 6.07) is 21.2. The molecule has 1 saturated heterocycles. The molecule has 4 aromatic rings. The van der Waals surface area contributed by atoms with E-state index in [0.29, 0.717) is 11.2 Å². The molecule has 0 radical (unpaired) electrons. The predicted octanol–water partition coefficient (Wildman–Crippen LogP) is 6.99. The maximum absolute atomic E-state index is 11.8. The standard InChI is InChI=1S/C33H34N4O3S/c1-20-11-12-23(32(38)39)19-29(20)36-21(2)18-27(22(36)3)31-30(28-10-6-7-17-34-28)35-33(41)37(31)24-13-15-26(16-14-24)40-25-8-4-5-9-25/h6-7,10-19,25,30-31H,4-5,8-9H2,1-3H3,(H,35,41)(H,38,39)/t30-,31-/m1/s1. The molecule has 1 saturated carbocycles. The monoisotopic (exact) mass is 566 g/mol. The Balaban J connectivity index is 1.43. The number of anilines is 1. The summed E-state index contributed by atoms with van der Waals surface area (Å²) in [5.41, 5.74) is 7.12. The van der Waals surface area contributed by atoms with E-state index in [-0.39, 0.29) is 17.6 Å². The van der Waals surface area contributed by atoms with Crippen LogP contribution in [0.5, 0.6) is 5.75 Å². The molecule has 2 atom stereocenters. The van der Waals surface area contributed by atoms with Gasteiger partial charge in [-0.25, -0.2) is 4.79 Å². The number of aromatic carboxylic acids is 1. The average Bonchev–Trinajstić information content (AvgIpc) is 3.68. The van der Waals surface area contributed by atoms with Crippen LogP contribution < -0.4 is 15.0 Å². The van der Waals surface area contributed by atoms with Gasteiger partial charge < -0.3 is 24.6 Å². The van der Waals surface area contributed by atoms with Gasteiger partial charge in [0.2, 0.25) is 0 Å². The van der Waals surface area contributed by atoms with Gasteiger partial charge in [0.25, 0.3) is 0 Å². The van der Waals surface area contributed by atoms with E-state index >= 15 is 0 Å². The zero-order chi connectivity index (χ0) is 28.7. The Kier molecular flexibility index (Phi) is 7.26. The molecule has 2 aliphatic rings. The summed E-state index contributed by atoms with van der Waals surface area (Å²) in [6.45, 7) is 6.14. The number of benzene rings is 2. The highest BCUT2D eigenvalue weighted by Gasteiger charge is 2.42. The summed E-state index contributed by atoms with van der Waals surface area (Å²) in [5, 5.41) is 13.8. The Labute approximate surface area is 245 Å². The van der Waals surface area contributed by atoms with Gasteiger partial charge in [-0.1, -0.05) is 12.1 Å². The van der Waals surface area contributed by atoms with Gasteiger partial charge in [0.05, 0.1) is 29.4 Å². The summed E-state index contributed by atoms with van der Waals surface area (Å²) in [4.78, 5) is 18.6. The SMILES string of the molecule is Cc1ccc(C(=O)O)cc1-n1c(C)cc([C@@H]2[C@@H](c3ccccn3)NC(=S)N2c2ccc(OC3CCCC3)cc2)c1C. The van der Waals surface area contributed by atoms with Crippen molar-refractivity contribution < 1.29 is 14.6 Å². The number of carbonyl (C=O) groups is 1. The topological polar surface area (TPSA) is 79.6 Å². The molecule has 41 heavy (non-hydrogen) atoms. The van der Waals surface area contributed by atoms with Crippen LogP contribution in [0.15, 0.2) is 72.9 Å². The molecule has 210 valence electrons. The molecule has 2 N–H and O–H groups in total. The van der Waals surface area contributed by atoms with E-state index in [1.54, 1.807) is 18.3 Å². The first kappa shape index (κ1) is 27.0. The molecule has 8 heteroatoms. The van der Waals surface area contributed by atoms with Crippen LogP contribution in [-0.4, -0.2) is 31.8 Å². The molecule has 0 unspecified atom stereocenters. The number of aromatic nitrogens is 2. The van der Waals surface area contributed by atoms with Crippen LogP contribution in [-0.2, 0) is 0 Å². The molecule has 0 bridgehead atoms. The van der Waals surface area contributed by atoms with Gasteiger partial charge in [0, 0.05) is 29.0 Å². The highest BCUT2D eigenvalue weighted by Crippen LogP contribution is 2.44. The number of nitrogens with zero attached hydrogens (tertiary/aromatic N) is 3. The highest BCUT2D eigenvalue weighted by atomic mass is 32.1. The highest BCUT2D eigenvalue weighted by molar-refractivity contribution is 7.80. The summed E-state index contributed by atoms with van der Waals surface area (Å²) < 4.78 is 8.37. The van der Waals surface area contributed by atoms with Crippen molar-refractivity contribution in [2.24, 2.45) is 0 Å². The molecule has 0 amide bonds. The van der Waals surface area contributed by atoms with Crippen molar-refractivity contribution in [3.05, 3.63) is 107 Å². The Hall–Kier alpha value is -4.17. The van der Waals surface area contributed by atoms with Crippen LogP contribution in [0, 0.1) is 20.8 Å².